The van der Waals surface area contributed by atoms with Crippen LogP contribution in [0.1, 0.15) is 62.5 Å². The lowest BCUT2D eigenvalue weighted by molar-refractivity contribution is -0.135. The molecule has 7 nitrogen and oxygen atoms in total. The average molecular weight is 426 g/mol. The van der Waals surface area contributed by atoms with E-state index < -0.39 is 54.5 Å². The molecule has 0 radical (unpaired) electrons. The molecule has 1 aromatic rings. The number of hydrogen-bond donors (Lipinski definition) is 1. The molecule has 0 aliphatic carbocycles. The molecule has 2 atom stereocenters. The lowest BCUT2D eigenvalue weighted by atomic mass is 9.98. The summed E-state index contributed by atoms with van der Waals surface area (Å²) in [6.07, 6.45) is -1.62. The Bertz CT molecular complexity index is 790. The molecule has 1 aliphatic rings. The van der Waals surface area contributed by atoms with Gasteiger partial charge in [0.1, 0.15) is 11.6 Å². The molecule has 1 N–H and O–H groups in total. The van der Waals surface area contributed by atoms with Gasteiger partial charge in [0.15, 0.2) is 0 Å². The van der Waals surface area contributed by atoms with Crippen LogP contribution in [-0.2, 0) is 14.3 Å². The Hall–Kier alpha value is -2.71. The Morgan fingerprint density at radius 1 is 1.20 bits per heavy atom. The van der Waals surface area contributed by atoms with Crippen molar-refractivity contribution in [3.05, 3.63) is 35.4 Å². The van der Waals surface area contributed by atoms with Gasteiger partial charge in [-0.25, -0.2) is 18.4 Å². The van der Waals surface area contributed by atoms with Gasteiger partial charge in [-0.1, -0.05) is 12.1 Å². The Balaban J connectivity index is 2.12. The first-order valence-corrected chi connectivity index (χ1v) is 9.69. The van der Waals surface area contributed by atoms with E-state index in [2.05, 4.69) is 10.1 Å². The third-order valence-corrected chi connectivity index (χ3v) is 4.68. The van der Waals surface area contributed by atoms with Crippen molar-refractivity contribution in [2.75, 3.05) is 13.7 Å². The summed E-state index contributed by atoms with van der Waals surface area (Å²) in [6, 6.07) is 4.94. The number of alkyl halides is 2. The number of piperidine rings is 1. The summed E-state index contributed by atoms with van der Waals surface area (Å²) in [5.41, 5.74) is 0.200. The van der Waals surface area contributed by atoms with Crippen LogP contribution in [0.15, 0.2) is 24.3 Å². The quantitative estimate of drug-likeness (QED) is 0.743. The van der Waals surface area contributed by atoms with Gasteiger partial charge in [0, 0.05) is 6.42 Å². The number of carbonyl (C=O) groups is 3. The largest absolute Gasteiger partial charge is 0.465 e. The molecule has 0 aromatic heterocycles. The number of rotatable bonds is 4. The normalized spacial score (nSPS) is 19.6. The molecule has 1 saturated heterocycles. The number of likely N-dealkylation sites (tertiary alicyclic amines) is 1. The highest BCUT2D eigenvalue weighted by atomic mass is 19.3. The summed E-state index contributed by atoms with van der Waals surface area (Å²) < 4.78 is 37.7. The molecule has 1 fully saturated rings. The van der Waals surface area contributed by atoms with Crippen molar-refractivity contribution in [3.63, 3.8) is 0 Å². The first-order chi connectivity index (χ1) is 13.8. The van der Waals surface area contributed by atoms with Crippen molar-refractivity contribution >= 4 is 18.0 Å². The van der Waals surface area contributed by atoms with Crippen LogP contribution >= 0.6 is 0 Å². The summed E-state index contributed by atoms with van der Waals surface area (Å²) >= 11 is 0. The van der Waals surface area contributed by atoms with Crippen LogP contribution in [0.4, 0.5) is 13.6 Å². The van der Waals surface area contributed by atoms with Crippen molar-refractivity contribution in [1.82, 2.24) is 10.2 Å². The van der Waals surface area contributed by atoms with Crippen molar-refractivity contribution < 1.29 is 32.6 Å². The molecule has 1 aliphatic heterocycles. The molecule has 166 valence electrons. The van der Waals surface area contributed by atoms with Crippen LogP contribution in [0.3, 0.4) is 0 Å². The molecule has 1 aromatic carbocycles. The zero-order valence-electron chi connectivity index (χ0n) is 17.8. The van der Waals surface area contributed by atoms with Crippen LogP contribution in [0, 0.1) is 0 Å². The number of nitrogens with zero attached hydrogens (tertiary/aromatic N) is 1. The number of amides is 2. The average Bonchev–Trinajstić information content (AvgIpc) is 2.65. The van der Waals surface area contributed by atoms with Crippen LogP contribution < -0.4 is 5.32 Å². The summed E-state index contributed by atoms with van der Waals surface area (Å²) in [6.45, 7) is 5.73. The van der Waals surface area contributed by atoms with Crippen LogP contribution in [-0.4, -0.2) is 54.1 Å². The summed E-state index contributed by atoms with van der Waals surface area (Å²) in [4.78, 5) is 37.6. The number of benzene rings is 1. The molecule has 0 bridgehead atoms. The zero-order chi connectivity index (χ0) is 22.7. The van der Waals surface area contributed by atoms with Gasteiger partial charge in [0.05, 0.1) is 25.3 Å². The van der Waals surface area contributed by atoms with Gasteiger partial charge in [-0.3, -0.25) is 9.69 Å². The van der Waals surface area contributed by atoms with Gasteiger partial charge < -0.3 is 14.8 Å². The first-order valence-electron chi connectivity index (χ1n) is 9.69. The number of halogens is 2. The van der Waals surface area contributed by atoms with Gasteiger partial charge in [-0.05, 0) is 51.8 Å². The number of methoxy groups -OCH3 is 1. The van der Waals surface area contributed by atoms with E-state index in [-0.39, 0.29) is 6.42 Å². The summed E-state index contributed by atoms with van der Waals surface area (Å²) in [5.74, 6) is -4.10. The molecule has 1 heterocycles. The van der Waals surface area contributed by atoms with Gasteiger partial charge in [-0.15, -0.1) is 0 Å². The van der Waals surface area contributed by atoms with Gasteiger partial charge in [-0.2, -0.15) is 0 Å². The molecular weight excluding hydrogens is 398 g/mol. The van der Waals surface area contributed by atoms with Crippen LogP contribution in [0.5, 0.6) is 0 Å². The third kappa shape index (κ3) is 6.14. The van der Waals surface area contributed by atoms with Crippen molar-refractivity contribution in [2.45, 2.75) is 64.1 Å². The minimum Gasteiger partial charge on any atom is -0.465 e. The molecule has 1 unspecified atom stereocenters. The van der Waals surface area contributed by atoms with E-state index in [0.717, 1.165) is 4.90 Å². The molecule has 2 amide bonds. The van der Waals surface area contributed by atoms with Crippen LogP contribution in [0.2, 0.25) is 0 Å². The predicted octanol–water partition coefficient (Wildman–Crippen LogP) is 3.69. The van der Waals surface area contributed by atoms with Crippen molar-refractivity contribution in [1.29, 1.82) is 0 Å². The summed E-state index contributed by atoms with van der Waals surface area (Å²) in [5, 5.41) is 2.75. The Morgan fingerprint density at radius 3 is 2.33 bits per heavy atom. The van der Waals surface area contributed by atoms with E-state index in [1.165, 1.54) is 7.11 Å². The highest BCUT2D eigenvalue weighted by molar-refractivity contribution is 5.89. The number of ether oxygens (including phenoxy) is 2. The third-order valence-electron chi connectivity index (χ3n) is 4.68. The molecule has 0 saturated carbocycles. The lowest BCUT2D eigenvalue weighted by Gasteiger charge is -2.39. The minimum absolute atomic E-state index is 0.175. The zero-order valence-corrected chi connectivity index (χ0v) is 17.8. The van der Waals surface area contributed by atoms with Gasteiger partial charge in [0.25, 0.3) is 5.92 Å². The molecule has 0 spiro atoms. The van der Waals surface area contributed by atoms with Crippen molar-refractivity contribution in [3.8, 4) is 0 Å². The Morgan fingerprint density at radius 2 is 1.80 bits per heavy atom. The van der Waals surface area contributed by atoms with E-state index in [9.17, 15) is 23.2 Å². The number of hydrogen-bond acceptors (Lipinski definition) is 5. The Labute approximate surface area is 174 Å². The van der Waals surface area contributed by atoms with Gasteiger partial charge in [0.2, 0.25) is 5.91 Å². The molecule has 30 heavy (non-hydrogen) atoms. The second-order valence-electron chi connectivity index (χ2n) is 8.36. The van der Waals surface area contributed by atoms with E-state index in [1.807, 2.05) is 0 Å². The first kappa shape index (κ1) is 23.6. The Kier molecular flexibility index (Phi) is 7.05. The van der Waals surface area contributed by atoms with Crippen LogP contribution in [0.25, 0.3) is 0 Å². The fourth-order valence-corrected chi connectivity index (χ4v) is 3.15. The lowest BCUT2D eigenvalue weighted by Crippen LogP contribution is -2.58. The predicted molar refractivity (Wildman–Crippen MR) is 105 cm³/mol. The van der Waals surface area contributed by atoms with E-state index in [4.69, 9.17) is 4.74 Å². The van der Waals surface area contributed by atoms with Gasteiger partial charge >= 0.3 is 12.1 Å². The molecule has 2 rings (SSSR count). The fraction of sp³-hybridized carbons (Fsp3) is 0.571. The highest BCUT2D eigenvalue weighted by Gasteiger charge is 2.46. The second-order valence-corrected chi connectivity index (χ2v) is 8.36. The number of esters is 1. The SMILES string of the molecule is COC(=O)c1ccc([C@H](C)NC(=O)C2CCC(F)(F)CN2C(=O)OC(C)(C)C)cc1. The topological polar surface area (TPSA) is 84.9 Å². The standard InChI is InChI=1S/C21H28F2N2O5/c1-13(14-6-8-15(9-7-14)18(27)29-5)24-17(26)16-10-11-21(22,23)12-25(16)19(28)30-20(2,3)4/h6-9,13,16H,10-12H2,1-5H3,(H,24,26)/t13-,16?/m0/s1. The molecule has 9 heteroatoms. The smallest absolute Gasteiger partial charge is 0.411 e. The number of nitrogens with one attached hydrogen (secondary N) is 1. The maximum atomic E-state index is 13.9. The number of carbonyl (C=O) groups excluding carboxylic acids is 3. The second kappa shape index (κ2) is 8.97. The summed E-state index contributed by atoms with van der Waals surface area (Å²) in [7, 11) is 1.28. The van der Waals surface area contributed by atoms with Crippen molar-refractivity contribution in [2.24, 2.45) is 0 Å². The van der Waals surface area contributed by atoms with E-state index in [0.29, 0.717) is 11.1 Å². The monoisotopic (exact) mass is 426 g/mol. The van der Waals surface area contributed by atoms with E-state index >= 15 is 0 Å². The maximum Gasteiger partial charge on any atom is 0.411 e. The fourth-order valence-electron chi connectivity index (χ4n) is 3.15. The maximum absolute atomic E-state index is 13.9. The van der Waals surface area contributed by atoms with E-state index in [1.54, 1.807) is 52.0 Å². The molecular formula is C21H28F2N2O5. The minimum atomic E-state index is -3.08. The highest BCUT2D eigenvalue weighted by Crippen LogP contribution is 2.31.